The molecular weight excluding hydrogens is 399 g/mol. The van der Waals surface area contributed by atoms with E-state index < -0.39 is 0 Å². The third-order valence-corrected chi connectivity index (χ3v) is 3.92. The Morgan fingerprint density at radius 1 is 1.43 bits per heavy atom. The fourth-order valence-corrected chi connectivity index (χ4v) is 2.53. The van der Waals surface area contributed by atoms with Gasteiger partial charge in [0.05, 0.1) is 0 Å². The minimum Gasteiger partial charge on any atom is -0.370 e. The lowest BCUT2D eigenvalue weighted by Crippen LogP contribution is -2.37. The molecular formula is C14H25IN4OS. The van der Waals surface area contributed by atoms with Crippen LogP contribution in [0, 0.1) is 0 Å². The van der Waals surface area contributed by atoms with E-state index in [1.807, 2.05) is 24.8 Å². The molecule has 120 valence electrons. The Morgan fingerprint density at radius 2 is 2.14 bits per heavy atom. The van der Waals surface area contributed by atoms with Crippen LogP contribution in [0.15, 0.2) is 22.5 Å². The summed E-state index contributed by atoms with van der Waals surface area (Å²) in [7, 11) is 0. The second-order valence-corrected chi connectivity index (χ2v) is 5.37. The summed E-state index contributed by atoms with van der Waals surface area (Å²) >= 11 is 1.72. The van der Waals surface area contributed by atoms with Crippen LogP contribution in [0.3, 0.4) is 0 Å². The maximum absolute atomic E-state index is 11.8. The van der Waals surface area contributed by atoms with Gasteiger partial charge in [0, 0.05) is 43.9 Å². The zero-order chi connectivity index (χ0) is 14.8. The highest BCUT2D eigenvalue weighted by atomic mass is 127. The Hall–Kier alpha value is -0.830. The summed E-state index contributed by atoms with van der Waals surface area (Å²) in [4.78, 5) is 19.1. The second-order valence-electron chi connectivity index (χ2n) is 4.34. The monoisotopic (exact) mass is 424 g/mol. The number of halogens is 1. The fourth-order valence-electron chi connectivity index (χ4n) is 1.83. The maximum Gasteiger partial charge on any atom is 0.224 e. The number of carbonyl (C=O) groups is 1. The Kier molecular flexibility index (Phi) is 11.3. The van der Waals surface area contributed by atoms with Crippen LogP contribution in [0.4, 0.5) is 0 Å². The van der Waals surface area contributed by atoms with Crippen molar-refractivity contribution in [3.8, 4) is 0 Å². The summed E-state index contributed by atoms with van der Waals surface area (Å²) in [5.74, 6) is 0.558. The number of nitrogens with zero attached hydrogens (tertiary/aromatic N) is 2. The van der Waals surface area contributed by atoms with Gasteiger partial charge in [-0.15, -0.1) is 35.3 Å². The molecule has 3 N–H and O–H groups in total. The van der Waals surface area contributed by atoms with Crippen LogP contribution in [0.5, 0.6) is 0 Å². The molecule has 1 aromatic rings. The summed E-state index contributed by atoms with van der Waals surface area (Å²) in [5, 5.41) is 5.04. The minimum atomic E-state index is 0. The third kappa shape index (κ3) is 8.25. The molecule has 0 spiro atoms. The third-order valence-electron chi connectivity index (χ3n) is 2.98. The van der Waals surface area contributed by atoms with E-state index in [4.69, 9.17) is 5.73 Å². The molecule has 0 aromatic carbocycles. The van der Waals surface area contributed by atoms with Gasteiger partial charge in [-0.25, -0.2) is 0 Å². The number of rotatable bonds is 8. The topological polar surface area (TPSA) is 70.7 Å². The quantitative estimate of drug-likeness (QED) is 0.381. The minimum absolute atomic E-state index is 0. The highest BCUT2D eigenvalue weighted by molar-refractivity contribution is 14.0. The predicted molar refractivity (Wildman–Crippen MR) is 100 cm³/mol. The molecule has 0 atom stereocenters. The van der Waals surface area contributed by atoms with E-state index in [9.17, 15) is 4.79 Å². The van der Waals surface area contributed by atoms with Gasteiger partial charge in [-0.1, -0.05) is 6.07 Å². The number of amides is 1. The van der Waals surface area contributed by atoms with Crippen LogP contribution in [0.1, 0.15) is 25.1 Å². The lowest BCUT2D eigenvalue weighted by Gasteiger charge is -2.18. The molecule has 5 nitrogen and oxygen atoms in total. The van der Waals surface area contributed by atoms with Gasteiger partial charge in [0.2, 0.25) is 5.91 Å². The van der Waals surface area contributed by atoms with Crippen LogP contribution in [-0.2, 0) is 11.2 Å². The summed E-state index contributed by atoms with van der Waals surface area (Å²) in [5.41, 5.74) is 5.76. The van der Waals surface area contributed by atoms with Crippen LogP contribution >= 0.6 is 35.3 Å². The maximum atomic E-state index is 11.8. The van der Waals surface area contributed by atoms with Crippen molar-refractivity contribution < 1.29 is 4.79 Å². The van der Waals surface area contributed by atoms with Crippen molar-refractivity contribution in [3.63, 3.8) is 0 Å². The van der Waals surface area contributed by atoms with Crippen molar-refractivity contribution in [2.45, 2.75) is 26.7 Å². The molecule has 0 aliphatic heterocycles. The van der Waals surface area contributed by atoms with Crippen molar-refractivity contribution in [2.75, 3.05) is 26.2 Å². The Bertz CT molecular complexity index is 419. The van der Waals surface area contributed by atoms with Crippen LogP contribution < -0.4 is 11.1 Å². The number of hydrogen-bond acceptors (Lipinski definition) is 3. The molecule has 0 radical (unpaired) electrons. The second kappa shape index (κ2) is 11.8. The Labute approximate surface area is 148 Å². The van der Waals surface area contributed by atoms with E-state index in [-0.39, 0.29) is 29.9 Å². The molecule has 0 saturated carbocycles. The SMILES string of the molecule is CCN(CC)C(=O)CCNC(N)=NCCc1cccs1.I. The van der Waals surface area contributed by atoms with Gasteiger partial charge >= 0.3 is 0 Å². The molecule has 0 aliphatic carbocycles. The molecule has 0 saturated heterocycles. The van der Waals surface area contributed by atoms with Crippen molar-refractivity contribution in [3.05, 3.63) is 22.4 Å². The van der Waals surface area contributed by atoms with Gasteiger partial charge < -0.3 is 16.0 Å². The zero-order valence-electron chi connectivity index (χ0n) is 12.7. The summed E-state index contributed by atoms with van der Waals surface area (Å²) < 4.78 is 0. The van der Waals surface area contributed by atoms with Gasteiger partial charge in [0.1, 0.15) is 0 Å². The number of guanidine groups is 1. The van der Waals surface area contributed by atoms with E-state index in [0.29, 0.717) is 25.5 Å². The number of nitrogens with two attached hydrogens (primary N) is 1. The number of hydrogen-bond donors (Lipinski definition) is 2. The molecule has 21 heavy (non-hydrogen) atoms. The summed E-state index contributed by atoms with van der Waals surface area (Å²) in [6, 6.07) is 4.12. The molecule has 1 rings (SSSR count). The van der Waals surface area contributed by atoms with Gasteiger partial charge in [0.15, 0.2) is 5.96 Å². The molecule has 0 fully saturated rings. The Balaban J connectivity index is 0.00000400. The number of nitrogens with one attached hydrogen (secondary N) is 1. The lowest BCUT2D eigenvalue weighted by molar-refractivity contribution is -0.130. The smallest absolute Gasteiger partial charge is 0.224 e. The average Bonchev–Trinajstić information content (AvgIpc) is 2.93. The molecule has 1 amide bonds. The molecule has 0 unspecified atom stereocenters. The highest BCUT2D eigenvalue weighted by Crippen LogP contribution is 2.08. The number of thiophene rings is 1. The van der Waals surface area contributed by atoms with Crippen molar-refractivity contribution in [1.82, 2.24) is 10.2 Å². The normalized spacial score (nSPS) is 10.9. The van der Waals surface area contributed by atoms with Crippen LogP contribution in [0.25, 0.3) is 0 Å². The van der Waals surface area contributed by atoms with Gasteiger partial charge in [0.25, 0.3) is 0 Å². The zero-order valence-corrected chi connectivity index (χ0v) is 15.8. The average molecular weight is 424 g/mol. The van der Waals surface area contributed by atoms with Gasteiger partial charge in [-0.3, -0.25) is 9.79 Å². The highest BCUT2D eigenvalue weighted by Gasteiger charge is 2.08. The van der Waals surface area contributed by atoms with E-state index in [2.05, 4.69) is 21.8 Å². The number of carbonyl (C=O) groups excluding carboxylic acids is 1. The standard InChI is InChI=1S/C14H24N4OS.HI/c1-3-18(4-2)13(19)8-10-17-14(15)16-9-7-12-6-5-11-20-12;/h5-6,11H,3-4,7-10H2,1-2H3,(H3,15,16,17);1H. The largest absolute Gasteiger partial charge is 0.370 e. The molecule has 1 heterocycles. The lowest BCUT2D eigenvalue weighted by atomic mass is 10.3. The first kappa shape index (κ1) is 20.2. The molecule has 1 aromatic heterocycles. The Morgan fingerprint density at radius 3 is 2.71 bits per heavy atom. The van der Waals surface area contributed by atoms with Crippen molar-refractivity contribution in [1.29, 1.82) is 0 Å². The van der Waals surface area contributed by atoms with E-state index in [1.54, 1.807) is 11.3 Å². The van der Waals surface area contributed by atoms with Crippen molar-refractivity contribution >= 4 is 47.2 Å². The summed E-state index contributed by atoms with van der Waals surface area (Å²) in [6.45, 7) is 6.66. The summed E-state index contributed by atoms with van der Waals surface area (Å²) in [6.07, 6.45) is 1.35. The van der Waals surface area contributed by atoms with E-state index >= 15 is 0 Å². The fraction of sp³-hybridized carbons (Fsp3) is 0.571. The van der Waals surface area contributed by atoms with Gasteiger partial charge in [-0.2, -0.15) is 0 Å². The number of aliphatic imine (C=N–C) groups is 1. The molecule has 0 aliphatic rings. The van der Waals surface area contributed by atoms with E-state index in [0.717, 1.165) is 19.5 Å². The molecule has 0 bridgehead atoms. The predicted octanol–water partition coefficient (Wildman–Crippen LogP) is 2.07. The first-order chi connectivity index (χ1) is 9.67. The van der Waals surface area contributed by atoms with Gasteiger partial charge in [-0.05, 0) is 25.3 Å². The van der Waals surface area contributed by atoms with Crippen LogP contribution in [0.2, 0.25) is 0 Å². The van der Waals surface area contributed by atoms with Crippen LogP contribution in [-0.4, -0.2) is 42.9 Å². The first-order valence-electron chi connectivity index (χ1n) is 7.01. The molecule has 7 heteroatoms. The van der Waals surface area contributed by atoms with E-state index in [1.165, 1.54) is 4.88 Å². The first-order valence-corrected chi connectivity index (χ1v) is 7.89. The van der Waals surface area contributed by atoms with Crippen molar-refractivity contribution in [2.24, 2.45) is 10.7 Å².